The van der Waals surface area contributed by atoms with Gasteiger partial charge in [-0.05, 0) is 34.1 Å². The molecule has 1 N–H and O–H groups in total. The lowest BCUT2D eigenvalue weighted by Crippen LogP contribution is -2.17. The van der Waals surface area contributed by atoms with Crippen molar-refractivity contribution in [1.82, 2.24) is 10.4 Å². The molecular formula is C13H9BrN4O3. The molecule has 2 aromatic rings. The summed E-state index contributed by atoms with van der Waals surface area (Å²) in [5.41, 5.74) is 3.18. The second-order valence-corrected chi connectivity index (χ2v) is 4.76. The van der Waals surface area contributed by atoms with Crippen LogP contribution in [0.2, 0.25) is 0 Å². The van der Waals surface area contributed by atoms with Gasteiger partial charge in [-0.25, -0.2) is 5.43 Å². The van der Waals surface area contributed by atoms with Gasteiger partial charge < -0.3 is 0 Å². The van der Waals surface area contributed by atoms with E-state index >= 15 is 0 Å². The Labute approximate surface area is 128 Å². The molecular weight excluding hydrogens is 340 g/mol. The van der Waals surface area contributed by atoms with Gasteiger partial charge in [-0.2, -0.15) is 5.10 Å². The standard InChI is InChI=1S/C13H9BrN4O3/c14-11-2-1-9(7-12(11)18(20)21)8-16-17-13(19)10-3-5-15-6-4-10/h1-8H,(H,17,19)/b16-8+. The van der Waals surface area contributed by atoms with Crippen LogP contribution >= 0.6 is 15.9 Å². The Hall–Kier alpha value is -2.61. The molecule has 0 unspecified atom stereocenters. The first kappa shape index (κ1) is 14.8. The predicted molar refractivity (Wildman–Crippen MR) is 80.1 cm³/mol. The molecule has 21 heavy (non-hydrogen) atoms. The number of carbonyl (C=O) groups excluding carboxylic acids is 1. The normalized spacial score (nSPS) is 10.5. The average Bonchev–Trinajstić information content (AvgIpc) is 2.49. The Morgan fingerprint density at radius 3 is 2.71 bits per heavy atom. The van der Waals surface area contributed by atoms with Crippen molar-refractivity contribution in [2.24, 2.45) is 5.10 Å². The van der Waals surface area contributed by atoms with Gasteiger partial charge in [0, 0.05) is 29.6 Å². The van der Waals surface area contributed by atoms with Gasteiger partial charge in [0.15, 0.2) is 0 Å². The second kappa shape index (κ2) is 6.71. The van der Waals surface area contributed by atoms with Crippen molar-refractivity contribution in [2.75, 3.05) is 0 Å². The van der Waals surface area contributed by atoms with Crippen LogP contribution < -0.4 is 5.43 Å². The minimum absolute atomic E-state index is 0.0700. The highest BCUT2D eigenvalue weighted by atomic mass is 79.9. The van der Waals surface area contributed by atoms with Crippen LogP contribution in [0.5, 0.6) is 0 Å². The molecule has 1 heterocycles. The molecule has 0 fully saturated rings. The van der Waals surface area contributed by atoms with E-state index in [2.05, 4.69) is 31.4 Å². The maximum absolute atomic E-state index is 11.7. The summed E-state index contributed by atoms with van der Waals surface area (Å²) < 4.78 is 0.380. The first-order valence-electron chi connectivity index (χ1n) is 5.75. The summed E-state index contributed by atoms with van der Waals surface area (Å²) in [6.45, 7) is 0. The number of nitro groups is 1. The zero-order valence-electron chi connectivity index (χ0n) is 10.6. The van der Waals surface area contributed by atoms with E-state index in [-0.39, 0.29) is 11.6 Å². The Morgan fingerprint density at radius 2 is 2.05 bits per heavy atom. The van der Waals surface area contributed by atoms with Crippen LogP contribution in [0.15, 0.2) is 52.3 Å². The maximum Gasteiger partial charge on any atom is 0.284 e. The Balaban J connectivity index is 2.07. The van der Waals surface area contributed by atoms with E-state index in [0.29, 0.717) is 15.6 Å². The molecule has 0 atom stereocenters. The molecule has 0 spiro atoms. The molecule has 1 aromatic carbocycles. The zero-order valence-corrected chi connectivity index (χ0v) is 12.1. The van der Waals surface area contributed by atoms with Crippen molar-refractivity contribution in [1.29, 1.82) is 0 Å². The summed E-state index contributed by atoms with van der Waals surface area (Å²) in [4.78, 5) is 25.8. The van der Waals surface area contributed by atoms with E-state index in [1.165, 1.54) is 24.7 Å². The summed E-state index contributed by atoms with van der Waals surface area (Å²) in [5, 5.41) is 14.6. The van der Waals surface area contributed by atoms with Gasteiger partial charge in [0.05, 0.1) is 15.6 Å². The first-order chi connectivity index (χ1) is 10.1. The number of aromatic nitrogens is 1. The van der Waals surface area contributed by atoms with Crippen molar-refractivity contribution in [3.63, 3.8) is 0 Å². The minimum atomic E-state index is -0.503. The number of nitro benzene ring substituents is 1. The van der Waals surface area contributed by atoms with Crippen LogP contribution in [0.3, 0.4) is 0 Å². The third-order valence-corrected chi connectivity index (χ3v) is 3.16. The van der Waals surface area contributed by atoms with Gasteiger partial charge in [0.25, 0.3) is 11.6 Å². The van der Waals surface area contributed by atoms with Gasteiger partial charge in [-0.3, -0.25) is 19.9 Å². The molecule has 0 bridgehead atoms. The fraction of sp³-hybridized carbons (Fsp3) is 0. The van der Waals surface area contributed by atoms with E-state index in [0.717, 1.165) is 0 Å². The maximum atomic E-state index is 11.7. The topological polar surface area (TPSA) is 97.5 Å². The lowest BCUT2D eigenvalue weighted by Gasteiger charge is -1.99. The van der Waals surface area contributed by atoms with E-state index in [9.17, 15) is 14.9 Å². The fourth-order valence-corrected chi connectivity index (χ4v) is 1.87. The SMILES string of the molecule is O=C(N/N=C/c1ccc(Br)c([N+](=O)[O-])c1)c1ccncc1. The molecule has 1 aromatic heterocycles. The van der Waals surface area contributed by atoms with E-state index < -0.39 is 4.92 Å². The zero-order chi connectivity index (χ0) is 15.2. The summed E-state index contributed by atoms with van der Waals surface area (Å²) in [6.07, 6.45) is 4.33. The lowest BCUT2D eigenvalue weighted by atomic mass is 10.2. The third-order valence-electron chi connectivity index (χ3n) is 2.49. The van der Waals surface area contributed by atoms with E-state index in [1.54, 1.807) is 24.3 Å². The number of carbonyl (C=O) groups is 1. The predicted octanol–water partition coefficient (Wildman–Crippen LogP) is 2.52. The molecule has 0 saturated carbocycles. The Kier molecular flexibility index (Phi) is 4.72. The van der Waals surface area contributed by atoms with Crippen LogP contribution in [-0.2, 0) is 0 Å². The van der Waals surface area contributed by atoms with Crippen molar-refractivity contribution in [3.8, 4) is 0 Å². The molecule has 0 radical (unpaired) electrons. The van der Waals surface area contributed by atoms with Crippen molar-refractivity contribution in [3.05, 3.63) is 68.4 Å². The van der Waals surface area contributed by atoms with Crippen LogP contribution in [0, 0.1) is 10.1 Å². The molecule has 0 aliphatic heterocycles. The second-order valence-electron chi connectivity index (χ2n) is 3.90. The Morgan fingerprint density at radius 1 is 1.33 bits per heavy atom. The van der Waals surface area contributed by atoms with E-state index in [4.69, 9.17) is 0 Å². The number of hydrogen-bond donors (Lipinski definition) is 1. The van der Waals surface area contributed by atoms with Crippen LogP contribution in [-0.4, -0.2) is 22.0 Å². The van der Waals surface area contributed by atoms with Crippen molar-refractivity contribution < 1.29 is 9.72 Å². The van der Waals surface area contributed by atoms with Crippen LogP contribution in [0.1, 0.15) is 15.9 Å². The number of hydrazone groups is 1. The highest BCUT2D eigenvalue weighted by molar-refractivity contribution is 9.10. The quantitative estimate of drug-likeness (QED) is 0.521. The van der Waals surface area contributed by atoms with Crippen LogP contribution in [0.25, 0.3) is 0 Å². The molecule has 7 nitrogen and oxygen atoms in total. The number of nitrogens with zero attached hydrogens (tertiary/aromatic N) is 3. The molecule has 0 aliphatic rings. The fourth-order valence-electron chi connectivity index (χ4n) is 1.48. The number of amides is 1. The van der Waals surface area contributed by atoms with Crippen molar-refractivity contribution >= 4 is 33.7 Å². The number of halogens is 1. The number of nitrogens with one attached hydrogen (secondary N) is 1. The number of hydrogen-bond acceptors (Lipinski definition) is 5. The summed E-state index contributed by atoms with van der Waals surface area (Å²) in [7, 11) is 0. The van der Waals surface area contributed by atoms with Gasteiger partial charge in [-0.1, -0.05) is 6.07 Å². The largest absolute Gasteiger partial charge is 0.284 e. The van der Waals surface area contributed by atoms with Gasteiger partial charge in [-0.15, -0.1) is 0 Å². The molecule has 0 aliphatic carbocycles. The third kappa shape index (κ3) is 3.93. The van der Waals surface area contributed by atoms with Gasteiger partial charge in [0.2, 0.25) is 0 Å². The molecule has 0 saturated heterocycles. The number of benzene rings is 1. The molecule has 106 valence electrons. The highest BCUT2D eigenvalue weighted by Gasteiger charge is 2.11. The number of rotatable bonds is 4. The van der Waals surface area contributed by atoms with E-state index in [1.807, 2.05) is 0 Å². The smallest absolute Gasteiger partial charge is 0.267 e. The number of pyridine rings is 1. The first-order valence-corrected chi connectivity index (χ1v) is 6.54. The minimum Gasteiger partial charge on any atom is -0.267 e. The van der Waals surface area contributed by atoms with Crippen LogP contribution in [0.4, 0.5) is 5.69 Å². The molecule has 8 heteroatoms. The summed E-state index contributed by atoms with van der Waals surface area (Å²) >= 11 is 3.09. The summed E-state index contributed by atoms with van der Waals surface area (Å²) in [5.74, 6) is -0.389. The average molecular weight is 349 g/mol. The summed E-state index contributed by atoms with van der Waals surface area (Å²) in [6, 6.07) is 7.64. The monoisotopic (exact) mass is 348 g/mol. The molecule has 2 rings (SSSR count). The Bertz CT molecular complexity index is 704. The highest BCUT2D eigenvalue weighted by Crippen LogP contribution is 2.24. The van der Waals surface area contributed by atoms with Gasteiger partial charge in [0.1, 0.15) is 0 Å². The molecule has 1 amide bonds. The lowest BCUT2D eigenvalue weighted by molar-refractivity contribution is -0.385. The van der Waals surface area contributed by atoms with Crippen molar-refractivity contribution in [2.45, 2.75) is 0 Å². The van der Waals surface area contributed by atoms with Gasteiger partial charge >= 0.3 is 0 Å².